The Labute approximate surface area is 176 Å². The second-order valence-corrected chi connectivity index (χ2v) is 7.76. The van der Waals surface area contributed by atoms with E-state index >= 15 is 0 Å². The van der Waals surface area contributed by atoms with Gasteiger partial charge in [-0.2, -0.15) is 5.10 Å². The van der Waals surface area contributed by atoms with Crippen molar-refractivity contribution < 1.29 is 9.53 Å². The van der Waals surface area contributed by atoms with Crippen molar-refractivity contribution in [1.29, 1.82) is 0 Å². The second-order valence-electron chi connectivity index (χ2n) is 7.36. The molecule has 1 aromatic heterocycles. The zero-order valence-electron chi connectivity index (χ0n) is 15.7. The van der Waals surface area contributed by atoms with Crippen LogP contribution in [-0.2, 0) is 10.3 Å². The number of nitrogens with zero attached hydrogens (tertiary/aromatic N) is 2. The van der Waals surface area contributed by atoms with Gasteiger partial charge in [-0.25, -0.2) is 0 Å². The van der Waals surface area contributed by atoms with Crippen molar-refractivity contribution in [1.82, 2.24) is 15.1 Å². The third-order valence-electron chi connectivity index (χ3n) is 5.58. The van der Waals surface area contributed by atoms with Gasteiger partial charge in [-0.3, -0.25) is 9.48 Å². The molecule has 2 N–H and O–H groups in total. The summed E-state index contributed by atoms with van der Waals surface area (Å²) in [6, 6.07) is 7.32. The Bertz CT molecular complexity index is 786. The van der Waals surface area contributed by atoms with Crippen LogP contribution >= 0.6 is 24.0 Å². The minimum atomic E-state index is -0.680. The van der Waals surface area contributed by atoms with Crippen LogP contribution in [0.4, 0.5) is 5.69 Å². The number of carbonyl (C=O) groups is 1. The predicted molar refractivity (Wildman–Crippen MR) is 113 cm³/mol. The Morgan fingerprint density at radius 3 is 2.68 bits per heavy atom. The van der Waals surface area contributed by atoms with E-state index in [-0.39, 0.29) is 24.4 Å². The van der Waals surface area contributed by atoms with Crippen molar-refractivity contribution in [3.8, 4) is 5.75 Å². The fraction of sp³-hybridized carbons (Fsp3) is 0.500. The summed E-state index contributed by atoms with van der Waals surface area (Å²) in [7, 11) is 0. The smallest absolute Gasteiger partial charge is 0.252 e. The number of nitrogens with one attached hydrogen (secondary N) is 2. The van der Waals surface area contributed by atoms with Crippen LogP contribution in [0.15, 0.2) is 36.7 Å². The fourth-order valence-corrected chi connectivity index (χ4v) is 4.26. The number of ether oxygens (including phenoxy) is 1. The molecule has 1 aliphatic carbocycles. The number of hydrogen-bond donors (Lipinski definition) is 2. The van der Waals surface area contributed by atoms with Gasteiger partial charge >= 0.3 is 0 Å². The molecule has 0 spiro atoms. The summed E-state index contributed by atoms with van der Waals surface area (Å²) in [6.07, 6.45) is 9.78. The lowest BCUT2D eigenvalue weighted by atomic mass is 9.87. The Hall–Kier alpha value is -1.76. The number of aromatic nitrogens is 2. The van der Waals surface area contributed by atoms with Crippen LogP contribution in [-0.4, -0.2) is 34.9 Å². The first-order chi connectivity index (χ1) is 13.2. The highest BCUT2D eigenvalue weighted by Gasteiger charge is 2.42. The van der Waals surface area contributed by atoms with Gasteiger partial charge in [-0.1, -0.05) is 11.6 Å². The number of anilines is 1. The summed E-state index contributed by atoms with van der Waals surface area (Å²) in [5.74, 6) is 0.624. The molecule has 8 heteroatoms. The van der Waals surface area contributed by atoms with Gasteiger partial charge in [0.1, 0.15) is 11.3 Å². The number of carbonyl (C=O) groups excluding carboxylic acids is 1. The first kappa shape index (κ1) is 21.0. The van der Waals surface area contributed by atoms with Crippen molar-refractivity contribution in [3.63, 3.8) is 0 Å². The van der Waals surface area contributed by atoms with Crippen molar-refractivity contribution in [2.45, 2.75) is 50.2 Å². The SMILES string of the molecule is Cl.O=C(Nc1ccc(OC2CCCC2)c(Cl)c1)C1(n2cccn2)CCNCC1. The van der Waals surface area contributed by atoms with Crippen molar-refractivity contribution in [3.05, 3.63) is 41.7 Å². The number of benzene rings is 1. The molecule has 1 aliphatic heterocycles. The second kappa shape index (κ2) is 9.16. The number of rotatable bonds is 5. The predicted octanol–water partition coefficient (Wildman–Crippen LogP) is 4.00. The molecule has 1 amide bonds. The van der Waals surface area contributed by atoms with E-state index < -0.39 is 5.54 Å². The zero-order valence-corrected chi connectivity index (χ0v) is 17.3. The van der Waals surface area contributed by atoms with Gasteiger partial charge in [0.15, 0.2) is 0 Å². The van der Waals surface area contributed by atoms with Crippen LogP contribution in [0, 0.1) is 0 Å². The number of amides is 1. The Morgan fingerprint density at radius 1 is 1.29 bits per heavy atom. The average molecular weight is 425 g/mol. The largest absolute Gasteiger partial charge is 0.489 e. The molecule has 1 saturated carbocycles. The maximum absolute atomic E-state index is 13.2. The monoisotopic (exact) mass is 424 g/mol. The van der Waals surface area contributed by atoms with E-state index in [1.54, 1.807) is 16.9 Å². The van der Waals surface area contributed by atoms with Gasteiger partial charge in [0, 0.05) is 18.1 Å². The summed E-state index contributed by atoms with van der Waals surface area (Å²) in [4.78, 5) is 13.2. The minimum absolute atomic E-state index is 0. The number of piperidine rings is 1. The van der Waals surface area contributed by atoms with Crippen LogP contribution < -0.4 is 15.4 Å². The lowest BCUT2D eigenvalue weighted by Crippen LogP contribution is -2.52. The summed E-state index contributed by atoms with van der Waals surface area (Å²) in [5.41, 5.74) is -0.00546. The highest BCUT2D eigenvalue weighted by atomic mass is 35.5. The number of halogens is 2. The molecule has 2 aromatic rings. The molecule has 4 rings (SSSR count). The molecule has 152 valence electrons. The van der Waals surface area contributed by atoms with E-state index in [0.29, 0.717) is 29.3 Å². The maximum Gasteiger partial charge on any atom is 0.252 e. The molecule has 2 heterocycles. The maximum atomic E-state index is 13.2. The van der Waals surface area contributed by atoms with E-state index in [9.17, 15) is 4.79 Å². The molecule has 1 saturated heterocycles. The molecule has 0 atom stereocenters. The Balaban J connectivity index is 0.00000225. The van der Waals surface area contributed by atoms with E-state index in [1.807, 2.05) is 24.4 Å². The fourth-order valence-electron chi connectivity index (χ4n) is 4.03. The molecule has 6 nitrogen and oxygen atoms in total. The first-order valence-corrected chi connectivity index (χ1v) is 10.0. The summed E-state index contributed by atoms with van der Waals surface area (Å²) < 4.78 is 7.77. The average Bonchev–Trinajstić information content (AvgIpc) is 3.38. The quantitative estimate of drug-likeness (QED) is 0.760. The van der Waals surface area contributed by atoms with Crippen molar-refractivity contribution >= 4 is 35.6 Å². The Morgan fingerprint density at radius 2 is 2.04 bits per heavy atom. The third kappa shape index (κ3) is 4.29. The van der Waals surface area contributed by atoms with Crippen molar-refractivity contribution in [2.24, 2.45) is 0 Å². The van der Waals surface area contributed by atoms with Crippen LogP contribution in [0.1, 0.15) is 38.5 Å². The molecular weight excluding hydrogens is 399 g/mol. The van der Waals surface area contributed by atoms with E-state index in [0.717, 1.165) is 25.9 Å². The van der Waals surface area contributed by atoms with E-state index in [2.05, 4.69) is 15.7 Å². The molecule has 2 fully saturated rings. The lowest BCUT2D eigenvalue weighted by molar-refractivity contribution is -0.126. The first-order valence-electron chi connectivity index (χ1n) is 9.66. The normalized spacial score (nSPS) is 19.0. The highest BCUT2D eigenvalue weighted by Crippen LogP contribution is 2.33. The molecule has 1 aromatic carbocycles. The summed E-state index contributed by atoms with van der Waals surface area (Å²) in [5, 5.41) is 11.2. The topological polar surface area (TPSA) is 68.2 Å². The molecule has 0 unspecified atom stereocenters. The van der Waals surface area contributed by atoms with Gasteiger partial charge in [-0.15, -0.1) is 12.4 Å². The van der Waals surface area contributed by atoms with Gasteiger partial charge < -0.3 is 15.4 Å². The summed E-state index contributed by atoms with van der Waals surface area (Å²) >= 11 is 6.41. The van der Waals surface area contributed by atoms with Crippen LogP contribution in [0.5, 0.6) is 5.75 Å². The zero-order chi connectivity index (χ0) is 18.7. The minimum Gasteiger partial charge on any atom is -0.489 e. The van der Waals surface area contributed by atoms with E-state index in [1.165, 1.54) is 12.8 Å². The molecule has 28 heavy (non-hydrogen) atoms. The molecule has 2 aliphatic rings. The van der Waals surface area contributed by atoms with E-state index in [4.69, 9.17) is 16.3 Å². The Kier molecular flexibility index (Phi) is 6.86. The van der Waals surface area contributed by atoms with Gasteiger partial charge in [0.25, 0.3) is 5.91 Å². The third-order valence-corrected chi connectivity index (χ3v) is 5.88. The van der Waals surface area contributed by atoms with Crippen LogP contribution in [0.2, 0.25) is 5.02 Å². The lowest BCUT2D eigenvalue weighted by Gasteiger charge is -2.36. The highest BCUT2D eigenvalue weighted by molar-refractivity contribution is 6.32. The van der Waals surface area contributed by atoms with Gasteiger partial charge in [-0.05, 0) is 75.9 Å². The van der Waals surface area contributed by atoms with Gasteiger partial charge in [0.2, 0.25) is 0 Å². The molecule has 0 radical (unpaired) electrons. The number of hydrogen-bond acceptors (Lipinski definition) is 4. The standard InChI is InChI=1S/C20H25ClN4O2.ClH/c21-17-14-15(6-7-18(17)27-16-4-1-2-5-16)24-19(26)20(8-11-22-12-9-20)25-13-3-10-23-25;/h3,6-7,10,13-14,16,22H,1-2,4-5,8-9,11-12H2,(H,24,26);1H. The summed E-state index contributed by atoms with van der Waals surface area (Å²) in [6.45, 7) is 1.56. The molecular formula is C20H26Cl2N4O2. The van der Waals surface area contributed by atoms with Gasteiger partial charge in [0.05, 0.1) is 11.1 Å². The van der Waals surface area contributed by atoms with Crippen molar-refractivity contribution in [2.75, 3.05) is 18.4 Å². The van der Waals surface area contributed by atoms with Crippen LogP contribution in [0.25, 0.3) is 0 Å². The van der Waals surface area contributed by atoms with Crippen LogP contribution in [0.3, 0.4) is 0 Å². The molecule has 0 bridgehead atoms.